The molecule has 0 unspecified atom stereocenters. The molecule has 0 saturated heterocycles. The van der Waals surface area contributed by atoms with Gasteiger partial charge in [-0.1, -0.05) is 35.3 Å². The maximum atomic E-state index is 13.5. The SMILES string of the molecule is O=C(CN1C(=O)c2ccc(NS(=O)(=O)CCc3ccc(C(F)(F)F)nc3)cc2C1=O)O[C@@H](Cc1c(Cl)c[n+]([O-])cc1Cl)c1ccc(OC(F)F)c(OCC2CC2)c1. The number of alkyl halides is 5. The van der Waals surface area contributed by atoms with E-state index in [0.29, 0.717) is 9.63 Å². The highest BCUT2D eigenvalue weighted by Gasteiger charge is 2.38. The van der Waals surface area contributed by atoms with E-state index < -0.39 is 64.7 Å². The molecule has 57 heavy (non-hydrogen) atoms. The summed E-state index contributed by atoms with van der Waals surface area (Å²) >= 11 is 12.6. The molecule has 13 nitrogen and oxygen atoms in total. The summed E-state index contributed by atoms with van der Waals surface area (Å²) in [5, 5.41) is 11.7. The average Bonchev–Trinajstić information content (AvgIpc) is 3.94. The van der Waals surface area contributed by atoms with Gasteiger partial charge in [0, 0.05) is 23.9 Å². The van der Waals surface area contributed by atoms with Crippen molar-refractivity contribution < 1.29 is 63.7 Å². The normalized spacial score (nSPS) is 14.8. The molecule has 2 aromatic carbocycles. The minimum absolute atomic E-state index is 0.0771. The summed E-state index contributed by atoms with van der Waals surface area (Å²) in [6, 6.07) is 9.14. The minimum atomic E-state index is -4.66. The van der Waals surface area contributed by atoms with Gasteiger partial charge in [-0.15, -0.1) is 0 Å². The van der Waals surface area contributed by atoms with Gasteiger partial charge in [0.1, 0.15) is 28.4 Å². The topological polar surface area (TPSA) is 168 Å². The maximum Gasteiger partial charge on any atom is 0.433 e. The Morgan fingerprint density at radius 2 is 1.70 bits per heavy atom. The molecule has 1 fully saturated rings. The maximum absolute atomic E-state index is 13.5. The number of fused-ring (bicyclic) bond motifs is 1. The number of hydrogen-bond acceptors (Lipinski definition) is 10. The molecule has 1 atom stereocenters. The van der Waals surface area contributed by atoms with Crippen LogP contribution in [-0.4, -0.2) is 61.6 Å². The molecule has 1 saturated carbocycles. The number of hydrogen-bond donors (Lipinski definition) is 1. The smallest absolute Gasteiger partial charge is 0.433 e. The summed E-state index contributed by atoms with van der Waals surface area (Å²) < 4.78 is 109. The zero-order valence-corrected chi connectivity index (χ0v) is 31.4. The molecule has 0 bridgehead atoms. The van der Waals surface area contributed by atoms with Crippen molar-refractivity contribution in [2.75, 3.05) is 23.6 Å². The van der Waals surface area contributed by atoms with E-state index in [1.165, 1.54) is 30.3 Å². The molecule has 1 N–H and O–H groups in total. The van der Waals surface area contributed by atoms with Gasteiger partial charge in [-0.25, -0.2) is 8.42 Å². The van der Waals surface area contributed by atoms with Gasteiger partial charge in [0.15, 0.2) is 23.9 Å². The monoisotopic (exact) mass is 858 g/mol. The van der Waals surface area contributed by atoms with E-state index in [0.717, 1.165) is 49.6 Å². The Balaban J connectivity index is 1.17. The largest absolute Gasteiger partial charge is 0.619 e. The third-order valence-electron chi connectivity index (χ3n) is 8.75. The molecule has 302 valence electrons. The van der Waals surface area contributed by atoms with Crippen molar-refractivity contribution in [3.63, 3.8) is 0 Å². The lowest BCUT2D eigenvalue weighted by molar-refractivity contribution is -0.605. The van der Waals surface area contributed by atoms with Crippen LogP contribution >= 0.6 is 23.2 Å². The van der Waals surface area contributed by atoms with Gasteiger partial charge in [0.05, 0.1) is 23.5 Å². The fourth-order valence-electron chi connectivity index (χ4n) is 5.71. The van der Waals surface area contributed by atoms with Gasteiger partial charge in [-0.3, -0.25) is 29.0 Å². The number of rotatable bonds is 16. The summed E-state index contributed by atoms with van der Waals surface area (Å²) in [4.78, 5) is 44.0. The van der Waals surface area contributed by atoms with Crippen molar-refractivity contribution in [2.45, 2.75) is 44.6 Å². The van der Waals surface area contributed by atoms with E-state index in [4.69, 9.17) is 32.7 Å². The van der Waals surface area contributed by atoms with E-state index in [-0.39, 0.29) is 80.4 Å². The van der Waals surface area contributed by atoms with Gasteiger partial charge in [-0.05, 0) is 72.7 Å². The number of carbonyl (C=O) groups excluding carboxylic acids is 3. The second-order valence-corrected chi connectivity index (χ2v) is 15.6. The van der Waals surface area contributed by atoms with Crippen molar-refractivity contribution in [1.82, 2.24) is 9.88 Å². The fourth-order valence-corrected chi connectivity index (χ4v) is 7.40. The van der Waals surface area contributed by atoms with Crippen LogP contribution in [0.5, 0.6) is 11.5 Å². The molecule has 1 aliphatic heterocycles. The molecule has 6 rings (SSSR count). The number of carbonyl (C=O) groups is 3. The second-order valence-electron chi connectivity index (χ2n) is 13.0. The number of nitrogens with one attached hydrogen (secondary N) is 1. The molecule has 0 radical (unpaired) electrons. The standard InChI is InChI=1S/C36H29Cl2F5N4O9S/c37-26-15-46(51)16-27(38)25(26)13-29(21-4-7-28(56-35(39)40)30(11-21)54-18-20-1-2-20)55-32(48)17-47-33(49)23-6-5-22(12-24(23)34(47)50)45-57(52,53)10-9-19-3-8-31(44-14-19)36(41,42)43/h3-8,11-12,14-16,20,29,35,45H,1-2,9-10,13,17-18H2/t29-/m0/s1. The number of aryl methyl sites for hydroxylation is 1. The molecule has 0 spiro atoms. The third kappa shape index (κ3) is 10.4. The Kier molecular flexibility index (Phi) is 12.1. The Morgan fingerprint density at radius 1 is 1.00 bits per heavy atom. The predicted octanol–water partition coefficient (Wildman–Crippen LogP) is 6.54. The van der Waals surface area contributed by atoms with Gasteiger partial charge < -0.3 is 19.4 Å². The van der Waals surface area contributed by atoms with E-state index in [9.17, 15) is 50.0 Å². The van der Waals surface area contributed by atoms with Crippen LogP contribution in [0.15, 0.2) is 67.1 Å². The first-order valence-corrected chi connectivity index (χ1v) is 19.3. The fraction of sp³-hybridized carbons (Fsp3) is 0.306. The zero-order chi connectivity index (χ0) is 41.2. The highest BCUT2D eigenvalue weighted by atomic mass is 35.5. The number of amides is 2. The van der Waals surface area contributed by atoms with Crippen LogP contribution in [0.1, 0.15) is 62.0 Å². The summed E-state index contributed by atoms with van der Waals surface area (Å²) in [7, 11) is -4.12. The van der Waals surface area contributed by atoms with E-state index >= 15 is 0 Å². The second kappa shape index (κ2) is 16.7. The first kappa shape index (κ1) is 41.4. The minimum Gasteiger partial charge on any atom is -0.619 e. The number of ether oxygens (including phenoxy) is 3. The van der Waals surface area contributed by atoms with Crippen LogP contribution in [0.25, 0.3) is 0 Å². The third-order valence-corrected chi connectivity index (χ3v) is 10.7. The lowest BCUT2D eigenvalue weighted by Gasteiger charge is -2.22. The van der Waals surface area contributed by atoms with Gasteiger partial charge in [0.25, 0.3) is 11.8 Å². The van der Waals surface area contributed by atoms with Crippen LogP contribution in [0.4, 0.5) is 27.6 Å². The lowest BCUT2D eigenvalue weighted by atomic mass is 10.0. The number of benzene rings is 2. The average molecular weight is 860 g/mol. The lowest BCUT2D eigenvalue weighted by Crippen LogP contribution is -2.36. The summed E-state index contributed by atoms with van der Waals surface area (Å²) in [5.74, 6) is -3.67. The van der Waals surface area contributed by atoms with Crippen molar-refractivity contribution in [3.8, 4) is 11.5 Å². The van der Waals surface area contributed by atoms with Crippen molar-refractivity contribution in [1.29, 1.82) is 0 Å². The molecule has 4 aromatic rings. The van der Waals surface area contributed by atoms with Crippen LogP contribution in [0.3, 0.4) is 0 Å². The highest BCUT2D eigenvalue weighted by Crippen LogP contribution is 2.38. The number of halogens is 7. The molecule has 3 heterocycles. The molecular formula is C36H29Cl2F5N4O9S. The Hall–Kier alpha value is -5.27. The first-order chi connectivity index (χ1) is 26.9. The van der Waals surface area contributed by atoms with Crippen molar-refractivity contribution >= 4 is 56.7 Å². The van der Waals surface area contributed by atoms with E-state index in [1.807, 2.05) is 0 Å². The van der Waals surface area contributed by atoms with E-state index in [1.54, 1.807) is 0 Å². The van der Waals surface area contributed by atoms with Crippen LogP contribution in [-0.2, 0) is 38.6 Å². The number of anilines is 1. The van der Waals surface area contributed by atoms with Gasteiger partial charge in [-0.2, -0.15) is 26.7 Å². The van der Waals surface area contributed by atoms with Crippen LogP contribution < -0.4 is 18.9 Å². The molecule has 2 amide bonds. The van der Waals surface area contributed by atoms with Crippen LogP contribution in [0, 0.1) is 11.1 Å². The van der Waals surface area contributed by atoms with Crippen molar-refractivity contribution in [2.24, 2.45) is 5.92 Å². The van der Waals surface area contributed by atoms with Gasteiger partial charge >= 0.3 is 18.8 Å². The van der Waals surface area contributed by atoms with Crippen molar-refractivity contribution in [3.05, 3.63) is 116 Å². The summed E-state index contributed by atoms with van der Waals surface area (Å²) in [5.41, 5.74) is -1.05. The number of pyridine rings is 2. The Labute approximate surface area is 330 Å². The summed E-state index contributed by atoms with van der Waals surface area (Å²) in [6.45, 7) is -3.89. The number of esters is 1. The predicted molar refractivity (Wildman–Crippen MR) is 191 cm³/mol. The number of sulfonamides is 1. The number of imide groups is 1. The number of aromatic nitrogens is 2. The van der Waals surface area contributed by atoms with Gasteiger partial charge in [0.2, 0.25) is 10.0 Å². The Morgan fingerprint density at radius 3 is 2.33 bits per heavy atom. The molecule has 21 heteroatoms. The number of nitrogens with zero attached hydrogens (tertiary/aromatic N) is 3. The zero-order valence-electron chi connectivity index (χ0n) is 29.1. The molecular weight excluding hydrogens is 830 g/mol. The molecule has 2 aromatic heterocycles. The highest BCUT2D eigenvalue weighted by molar-refractivity contribution is 7.92. The molecule has 2 aliphatic rings. The first-order valence-electron chi connectivity index (χ1n) is 16.9. The summed E-state index contributed by atoms with van der Waals surface area (Å²) in [6.07, 6.45) is -1.71. The van der Waals surface area contributed by atoms with E-state index in [2.05, 4.69) is 14.4 Å². The Bertz CT molecular complexity index is 2290. The van der Waals surface area contributed by atoms with Crippen LogP contribution in [0.2, 0.25) is 10.0 Å². The molecule has 1 aliphatic carbocycles. The quantitative estimate of drug-likeness (QED) is 0.0430.